The van der Waals surface area contributed by atoms with Crippen LogP contribution < -0.4 is 0 Å². The van der Waals surface area contributed by atoms with Crippen LogP contribution in [0.4, 0.5) is 0 Å². The topological polar surface area (TPSA) is 83.8 Å². The second-order valence-electron chi connectivity index (χ2n) is 5.07. The van der Waals surface area contributed by atoms with Crippen LogP contribution in [0, 0.1) is 0 Å². The molecule has 2 N–H and O–H groups in total. The van der Waals surface area contributed by atoms with Crippen molar-refractivity contribution in [3.8, 4) is 0 Å². The van der Waals surface area contributed by atoms with Crippen LogP contribution in [0.5, 0.6) is 0 Å². The van der Waals surface area contributed by atoms with Crippen molar-refractivity contribution in [1.82, 2.24) is 0 Å². The van der Waals surface area contributed by atoms with Crippen LogP contribution >= 0.6 is 0 Å². The normalized spacial score (nSPS) is 10.0. The summed E-state index contributed by atoms with van der Waals surface area (Å²) in [6.45, 7) is 18.9. The minimum Gasteiger partial charge on any atom is -0.478 e. The van der Waals surface area contributed by atoms with Crippen molar-refractivity contribution in [3.63, 3.8) is 0 Å². The molecule has 0 rings (SSSR count). The maximum absolute atomic E-state index is 9.83. The predicted octanol–water partition coefficient (Wildman–Crippen LogP) is 3.04. The minimum absolute atomic E-state index is 0.128. The zero-order valence-corrected chi connectivity index (χ0v) is 16.6. The highest BCUT2D eigenvalue weighted by Crippen LogP contribution is 1.99. The molecule has 0 saturated carbocycles. The Morgan fingerprint density at radius 1 is 1.00 bits per heavy atom. The Morgan fingerprint density at radius 3 is 1.29 bits per heavy atom. The van der Waals surface area contributed by atoms with E-state index in [1.807, 2.05) is 0 Å². The van der Waals surface area contributed by atoms with Crippen LogP contribution in [0.2, 0.25) is 26.2 Å². The Balaban J connectivity index is -0.000000231. The van der Waals surface area contributed by atoms with E-state index in [1.54, 1.807) is 13.8 Å². The molecule has 0 fully saturated rings. The van der Waals surface area contributed by atoms with Gasteiger partial charge in [-0.15, -0.1) is 0 Å². The lowest BCUT2D eigenvalue weighted by molar-refractivity contribution is -0.133. The van der Waals surface area contributed by atoms with E-state index in [2.05, 4.69) is 39.3 Å². The Morgan fingerprint density at radius 2 is 1.29 bits per heavy atom. The number of carbonyl (C=O) groups is 2. The van der Waals surface area contributed by atoms with Crippen LogP contribution in [-0.2, 0) is 13.7 Å². The zero-order valence-electron chi connectivity index (χ0n) is 14.2. The Kier molecular flexibility index (Phi) is 16.3. The molecule has 0 aromatic heterocycles. The van der Waals surface area contributed by atoms with Gasteiger partial charge in [0.15, 0.2) is 8.32 Å². The third-order valence-electron chi connectivity index (χ3n) is 2.04. The molecule has 7 heteroatoms. The molecule has 0 spiro atoms. The van der Waals surface area contributed by atoms with Gasteiger partial charge in [0, 0.05) is 11.1 Å². The number of hydrogen-bond acceptors (Lipinski definition) is 3. The fraction of sp³-hybridized carbons (Fsp3) is 0.571. The summed E-state index contributed by atoms with van der Waals surface area (Å²) in [5.41, 5.74) is 0.528. The summed E-state index contributed by atoms with van der Waals surface area (Å²) in [4.78, 5) is 19.7. The lowest BCUT2D eigenvalue weighted by Gasteiger charge is -2.14. The molecule has 0 aliphatic heterocycles. The summed E-state index contributed by atoms with van der Waals surface area (Å²) in [5.74, 6) is -1.80. The average Bonchev–Trinajstić information content (AvgIpc) is 2.36. The molecule has 0 bridgehead atoms. The van der Waals surface area contributed by atoms with E-state index in [-0.39, 0.29) is 20.9 Å². The van der Waals surface area contributed by atoms with Gasteiger partial charge in [-0.1, -0.05) is 33.6 Å². The largest absolute Gasteiger partial charge is 0.478 e. The molecule has 0 aromatic carbocycles. The van der Waals surface area contributed by atoms with Crippen LogP contribution in [-0.4, -0.2) is 40.2 Å². The number of rotatable bonds is 6. The van der Waals surface area contributed by atoms with Crippen molar-refractivity contribution < 1.29 is 23.9 Å². The van der Waals surface area contributed by atoms with Crippen molar-refractivity contribution in [2.75, 3.05) is 0 Å². The van der Waals surface area contributed by atoms with Crippen LogP contribution in [0.3, 0.4) is 0 Å². The second kappa shape index (κ2) is 13.8. The predicted molar refractivity (Wildman–Crippen MR) is 93.0 cm³/mol. The number of carboxylic acids is 2. The van der Waals surface area contributed by atoms with Gasteiger partial charge >= 0.3 is 11.9 Å². The third kappa shape index (κ3) is 24.2. The highest BCUT2D eigenvalue weighted by Gasteiger charge is 2.10. The molecule has 0 radical (unpaired) electrons. The van der Waals surface area contributed by atoms with Gasteiger partial charge in [0.05, 0.1) is 0 Å². The molecular formula is C14H30O5Si2. The Hall–Kier alpha value is -1.19. The van der Waals surface area contributed by atoms with Gasteiger partial charge in [-0.2, -0.15) is 0 Å². The number of carboxylic acid groups (broad SMARTS) is 2. The van der Waals surface area contributed by atoms with E-state index in [1.165, 1.54) is 0 Å². The van der Waals surface area contributed by atoms with Crippen LogP contribution in [0.25, 0.3) is 0 Å². The zero-order chi connectivity index (χ0) is 17.6. The maximum atomic E-state index is 9.83. The van der Waals surface area contributed by atoms with E-state index in [0.29, 0.717) is 12.8 Å². The Labute approximate surface area is 131 Å². The summed E-state index contributed by atoms with van der Waals surface area (Å²) < 4.78 is 5.51. The summed E-state index contributed by atoms with van der Waals surface area (Å²) >= 11 is 0. The first-order valence-electron chi connectivity index (χ1n) is 6.88. The maximum Gasteiger partial charge on any atom is 0.330 e. The fourth-order valence-electron chi connectivity index (χ4n) is 0.735. The van der Waals surface area contributed by atoms with Crippen LogP contribution in [0.15, 0.2) is 24.3 Å². The molecule has 21 heavy (non-hydrogen) atoms. The molecule has 124 valence electrons. The number of hydrogen-bond donors (Lipinski definition) is 2. The molecular weight excluding hydrogens is 304 g/mol. The molecule has 0 saturated heterocycles. The third-order valence-corrected chi connectivity index (χ3v) is 6.65. The Bertz CT molecular complexity index is 320. The molecule has 0 atom stereocenters. The second-order valence-corrected chi connectivity index (χ2v) is 11.0. The van der Waals surface area contributed by atoms with Gasteiger partial charge in [-0.25, -0.2) is 9.59 Å². The van der Waals surface area contributed by atoms with E-state index in [9.17, 15) is 9.59 Å². The van der Waals surface area contributed by atoms with Gasteiger partial charge in [-0.05, 0) is 32.5 Å². The average molecular weight is 335 g/mol. The van der Waals surface area contributed by atoms with Crippen molar-refractivity contribution in [2.45, 2.75) is 52.9 Å². The monoisotopic (exact) mass is 334 g/mol. The van der Waals surface area contributed by atoms with Gasteiger partial charge in [0.1, 0.15) is 9.76 Å². The molecule has 5 nitrogen and oxygen atoms in total. The minimum atomic E-state index is -1.10. The summed E-state index contributed by atoms with van der Waals surface area (Å²) in [7, 11) is -1.22. The standard InChI is InChI=1S/2C5H8O2.C4H14OSi2/c2*1-3-4(2)5(6)7;1-6-5-7(2,3)4/h2*2-3H2,1H3,(H,6,7);6H2,1-4H3. The molecule has 0 aromatic rings. The highest BCUT2D eigenvalue weighted by molar-refractivity contribution is 6.73. The SMILES string of the molecule is C=C(CC)C(=O)O.C=C(CC)C(=O)O.C[SiH2]O[Si](C)(C)C. The van der Waals surface area contributed by atoms with Crippen molar-refractivity contribution >= 4 is 30.0 Å². The van der Waals surface area contributed by atoms with Gasteiger partial charge < -0.3 is 14.3 Å². The summed E-state index contributed by atoms with van der Waals surface area (Å²) in [6, 6.07) is 0. The summed E-state index contributed by atoms with van der Waals surface area (Å²) in [5, 5.41) is 16.2. The van der Waals surface area contributed by atoms with E-state index in [4.69, 9.17) is 14.3 Å². The smallest absolute Gasteiger partial charge is 0.330 e. The first kappa shape index (κ1) is 24.8. The summed E-state index contributed by atoms with van der Waals surface area (Å²) in [6.07, 6.45) is 1.05. The van der Waals surface area contributed by atoms with E-state index in [0.717, 1.165) is 0 Å². The van der Waals surface area contributed by atoms with Gasteiger partial charge in [-0.3, -0.25) is 0 Å². The fourth-order valence-corrected chi connectivity index (χ4v) is 4.20. The lowest BCUT2D eigenvalue weighted by Crippen LogP contribution is -2.26. The molecule has 0 aliphatic rings. The van der Waals surface area contributed by atoms with Gasteiger partial charge in [0.25, 0.3) is 0 Å². The highest BCUT2D eigenvalue weighted by atomic mass is 28.4. The lowest BCUT2D eigenvalue weighted by atomic mass is 10.2. The molecule has 0 aliphatic carbocycles. The van der Waals surface area contributed by atoms with Crippen molar-refractivity contribution in [2.24, 2.45) is 0 Å². The first-order valence-corrected chi connectivity index (χ1v) is 12.3. The van der Waals surface area contributed by atoms with E-state index >= 15 is 0 Å². The van der Waals surface area contributed by atoms with Gasteiger partial charge in [0.2, 0.25) is 0 Å². The van der Waals surface area contributed by atoms with Crippen molar-refractivity contribution in [1.29, 1.82) is 0 Å². The number of aliphatic carboxylic acids is 2. The van der Waals surface area contributed by atoms with E-state index < -0.39 is 20.3 Å². The molecule has 0 amide bonds. The quantitative estimate of drug-likeness (QED) is 0.576. The van der Waals surface area contributed by atoms with Crippen molar-refractivity contribution in [3.05, 3.63) is 24.3 Å². The molecule has 0 unspecified atom stereocenters. The molecule has 0 heterocycles. The van der Waals surface area contributed by atoms with Crippen LogP contribution in [0.1, 0.15) is 26.7 Å². The first-order chi connectivity index (χ1) is 9.42.